The number of alkyl carbamates (subject to hydrolysis) is 1. The Hall–Kier alpha value is -6.68. The van der Waals surface area contributed by atoms with Gasteiger partial charge in [0.15, 0.2) is 0 Å². The number of para-hydroxylation sites is 1. The maximum Gasteiger partial charge on any atom is 0.407 e. The number of fused-ring (bicyclic) bond motifs is 3. The van der Waals surface area contributed by atoms with E-state index in [4.69, 9.17) is 4.74 Å². The third-order valence-corrected chi connectivity index (χ3v) is 10.7. The van der Waals surface area contributed by atoms with E-state index in [0.29, 0.717) is 32.4 Å². The van der Waals surface area contributed by atoms with Crippen molar-refractivity contribution in [2.45, 2.75) is 69.8 Å². The van der Waals surface area contributed by atoms with Gasteiger partial charge in [0, 0.05) is 48.4 Å². The first-order valence-electron chi connectivity index (χ1n) is 20.0. The molecule has 4 N–H and O–H groups in total. The van der Waals surface area contributed by atoms with E-state index in [1.807, 2.05) is 146 Å². The van der Waals surface area contributed by atoms with Crippen LogP contribution in [0, 0.1) is 0 Å². The van der Waals surface area contributed by atoms with Crippen molar-refractivity contribution < 1.29 is 23.9 Å². The van der Waals surface area contributed by atoms with Gasteiger partial charge >= 0.3 is 6.09 Å². The number of H-pyrrole nitrogens is 1. The summed E-state index contributed by atoms with van der Waals surface area (Å²) in [6.45, 7) is 0.972. The molecule has 1 aromatic heterocycles. The zero-order chi connectivity index (χ0) is 40.1. The Balaban J connectivity index is 1.11. The van der Waals surface area contributed by atoms with Gasteiger partial charge in [0.05, 0.1) is 6.54 Å². The molecule has 1 aliphatic heterocycles. The van der Waals surface area contributed by atoms with Crippen LogP contribution in [0.3, 0.4) is 0 Å². The minimum atomic E-state index is -0.911. The van der Waals surface area contributed by atoms with Gasteiger partial charge in [-0.05, 0) is 53.1 Å². The summed E-state index contributed by atoms with van der Waals surface area (Å²) >= 11 is 0. The van der Waals surface area contributed by atoms with E-state index >= 15 is 0 Å². The first-order valence-corrected chi connectivity index (χ1v) is 20.0. The first-order chi connectivity index (χ1) is 28.4. The summed E-state index contributed by atoms with van der Waals surface area (Å²) in [5.74, 6) is -1.08. The van der Waals surface area contributed by atoms with E-state index in [-0.39, 0.29) is 49.6 Å². The van der Waals surface area contributed by atoms with Crippen molar-refractivity contribution in [1.82, 2.24) is 25.8 Å². The van der Waals surface area contributed by atoms with Gasteiger partial charge in [-0.25, -0.2) is 4.79 Å². The zero-order valence-corrected chi connectivity index (χ0v) is 32.4. The van der Waals surface area contributed by atoms with Crippen LogP contribution in [0.5, 0.6) is 0 Å². The van der Waals surface area contributed by atoms with Crippen LogP contribution in [-0.2, 0) is 45.2 Å². The number of nitrogens with zero attached hydrogens (tertiary/aromatic N) is 1. The van der Waals surface area contributed by atoms with Gasteiger partial charge in [-0.3, -0.25) is 14.4 Å². The lowest BCUT2D eigenvalue weighted by atomic mass is 9.88. The van der Waals surface area contributed by atoms with Gasteiger partial charge in [0.1, 0.15) is 18.7 Å². The molecular weight excluding hydrogens is 727 g/mol. The summed E-state index contributed by atoms with van der Waals surface area (Å²) in [6, 6.07) is 45.1. The highest BCUT2D eigenvalue weighted by molar-refractivity contribution is 5.94. The summed E-state index contributed by atoms with van der Waals surface area (Å²) in [7, 11) is 0. The van der Waals surface area contributed by atoms with Crippen LogP contribution < -0.4 is 16.0 Å². The Morgan fingerprint density at radius 3 is 2.00 bits per heavy atom. The van der Waals surface area contributed by atoms with Crippen molar-refractivity contribution in [3.05, 3.63) is 179 Å². The third kappa shape index (κ3) is 10.2. The maximum absolute atomic E-state index is 14.8. The molecule has 7 rings (SSSR count). The number of aromatic amines is 1. The van der Waals surface area contributed by atoms with Gasteiger partial charge in [-0.2, -0.15) is 0 Å². The molecule has 0 bridgehead atoms. The van der Waals surface area contributed by atoms with E-state index in [2.05, 4.69) is 20.9 Å². The van der Waals surface area contributed by atoms with E-state index in [1.54, 1.807) is 4.90 Å². The second-order valence-electron chi connectivity index (χ2n) is 14.7. The highest BCUT2D eigenvalue weighted by Gasteiger charge is 2.38. The number of benzene rings is 5. The number of carbonyl (C=O) groups excluding carboxylic acids is 4. The molecule has 58 heavy (non-hydrogen) atoms. The average molecular weight is 776 g/mol. The predicted octanol–water partition coefficient (Wildman–Crippen LogP) is 7.54. The molecule has 5 aromatic carbocycles. The highest BCUT2D eigenvalue weighted by atomic mass is 16.5. The van der Waals surface area contributed by atoms with E-state index in [0.717, 1.165) is 44.4 Å². The number of carbonyl (C=O) groups is 4. The SMILES string of the molecule is O=C(CC(c1ccccc1)c1ccccc1)N[C@@H]1Cc2c([nH]c3ccccc23)CN([C@@H](CCCCNC(=O)OCc2ccccc2)C(=O)NCc2ccccc2)C1=O. The monoisotopic (exact) mass is 775 g/mol. The molecule has 0 saturated carbocycles. The summed E-state index contributed by atoms with van der Waals surface area (Å²) in [5, 5.41) is 9.99. The third-order valence-electron chi connectivity index (χ3n) is 10.7. The molecule has 2 atom stereocenters. The van der Waals surface area contributed by atoms with E-state index < -0.39 is 18.2 Å². The van der Waals surface area contributed by atoms with Crippen LogP contribution in [0.25, 0.3) is 10.9 Å². The molecular formula is C48H49N5O5. The summed E-state index contributed by atoms with van der Waals surface area (Å²) in [6.07, 6.45) is 1.33. The molecule has 0 saturated heterocycles. The van der Waals surface area contributed by atoms with Crippen molar-refractivity contribution >= 4 is 34.7 Å². The Labute approximate surface area is 339 Å². The van der Waals surface area contributed by atoms with Crippen LogP contribution in [0.2, 0.25) is 0 Å². The van der Waals surface area contributed by atoms with Crippen LogP contribution in [-0.4, -0.2) is 52.3 Å². The molecule has 10 nitrogen and oxygen atoms in total. The average Bonchev–Trinajstić information content (AvgIpc) is 3.55. The molecule has 0 radical (unpaired) electrons. The Morgan fingerprint density at radius 1 is 0.724 bits per heavy atom. The van der Waals surface area contributed by atoms with Crippen LogP contribution in [0.4, 0.5) is 4.79 Å². The number of aromatic nitrogens is 1. The van der Waals surface area contributed by atoms with Crippen molar-refractivity contribution in [3.63, 3.8) is 0 Å². The standard InChI is InChI=1S/C48H49N5O5/c54-45(30-39(36-21-9-3-10-22-36)37-23-11-4-12-24-37)52-42-29-40-38-25-13-14-26-41(38)51-43(40)32-53(47(42)56)44(46(55)50-31-34-17-5-1-6-18-34)27-15-16-28-49-48(57)58-33-35-19-7-2-8-20-35/h1-14,17-26,39,42,44,51H,15-16,27-33H2,(H,49,57)(H,50,55)(H,52,54)/t42-,44+/m1/s1. The number of hydrogen-bond acceptors (Lipinski definition) is 5. The van der Waals surface area contributed by atoms with Crippen LogP contribution in [0.1, 0.15) is 65.1 Å². The lowest BCUT2D eigenvalue weighted by molar-refractivity contribution is -0.144. The molecule has 4 amide bonds. The van der Waals surface area contributed by atoms with Gasteiger partial charge < -0.3 is 30.6 Å². The van der Waals surface area contributed by atoms with Crippen molar-refractivity contribution in [1.29, 1.82) is 0 Å². The number of ether oxygens (including phenoxy) is 1. The largest absolute Gasteiger partial charge is 0.445 e. The quantitative estimate of drug-likeness (QED) is 0.0755. The number of nitrogens with one attached hydrogen (secondary N) is 4. The molecule has 2 heterocycles. The second kappa shape index (κ2) is 19.5. The zero-order valence-electron chi connectivity index (χ0n) is 32.4. The fourth-order valence-corrected chi connectivity index (χ4v) is 7.74. The van der Waals surface area contributed by atoms with Gasteiger partial charge in [0.2, 0.25) is 17.7 Å². The van der Waals surface area contributed by atoms with Gasteiger partial charge in [-0.15, -0.1) is 0 Å². The predicted molar refractivity (Wildman–Crippen MR) is 224 cm³/mol. The van der Waals surface area contributed by atoms with Crippen molar-refractivity contribution in [2.75, 3.05) is 6.54 Å². The molecule has 6 aromatic rings. The lowest BCUT2D eigenvalue weighted by Crippen LogP contribution is -2.55. The molecule has 0 unspecified atom stereocenters. The molecule has 10 heteroatoms. The first kappa shape index (κ1) is 39.6. The van der Waals surface area contributed by atoms with Gasteiger partial charge in [-0.1, -0.05) is 140 Å². The van der Waals surface area contributed by atoms with Gasteiger partial charge in [0.25, 0.3) is 0 Å². The fourth-order valence-electron chi connectivity index (χ4n) is 7.74. The van der Waals surface area contributed by atoms with Crippen molar-refractivity contribution in [3.8, 4) is 0 Å². The minimum absolute atomic E-state index is 0.139. The summed E-state index contributed by atoms with van der Waals surface area (Å²) in [4.78, 5) is 60.8. The number of rotatable bonds is 16. The fraction of sp³-hybridized carbons (Fsp3) is 0.250. The van der Waals surface area contributed by atoms with Crippen LogP contribution in [0.15, 0.2) is 146 Å². The number of amides is 4. The smallest absolute Gasteiger partial charge is 0.407 e. The normalized spacial score (nSPS) is 14.3. The summed E-state index contributed by atoms with van der Waals surface area (Å²) in [5.41, 5.74) is 6.54. The maximum atomic E-state index is 14.8. The lowest BCUT2D eigenvalue weighted by Gasteiger charge is -2.32. The minimum Gasteiger partial charge on any atom is -0.445 e. The molecule has 296 valence electrons. The van der Waals surface area contributed by atoms with E-state index in [1.165, 1.54) is 0 Å². The molecule has 0 fully saturated rings. The summed E-state index contributed by atoms with van der Waals surface area (Å²) < 4.78 is 5.36. The Bertz CT molecular complexity index is 2240. The van der Waals surface area contributed by atoms with Crippen molar-refractivity contribution in [2.24, 2.45) is 0 Å². The number of hydrogen-bond donors (Lipinski definition) is 4. The molecule has 1 aliphatic rings. The Kier molecular flexibility index (Phi) is 13.3. The van der Waals surface area contributed by atoms with E-state index in [9.17, 15) is 19.2 Å². The topological polar surface area (TPSA) is 133 Å². The molecule has 0 spiro atoms. The number of unbranched alkanes of at least 4 members (excludes halogenated alkanes) is 1. The Morgan fingerprint density at radius 2 is 1.33 bits per heavy atom. The van der Waals surface area contributed by atoms with Crippen LogP contribution >= 0.6 is 0 Å². The molecule has 0 aliphatic carbocycles. The second-order valence-corrected chi connectivity index (χ2v) is 14.7. The highest BCUT2D eigenvalue weighted by Crippen LogP contribution is 2.31.